The van der Waals surface area contributed by atoms with E-state index in [1.54, 1.807) is 36.1 Å². The number of ether oxygens (including phenoxy) is 2. The minimum absolute atomic E-state index is 0.202. The first-order valence-corrected chi connectivity index (χ1v) is 10.4. The Morgan fingerprint density at radius 3 is 2.62 bits per heavy atom. The molecule has 6 heteroatoms. The third kappa shape index (κ3) is 3.57. The van der Waals surface area contributed by atoms with Crippen molar-refractivity contribution in [1.29, 1.82) is 0 Å². The molecule has 0 bridgehead atoms. The predicted molar refractivity (Wildman–Crippen MR) is 125 cm³/mol. The fourth-order valence-corrected chi connectivity index (χ4v) is 3.93. The molecule has 0 amide bonds. The summed E-state index contributed by atoms with van der Waals surface area (Å²) in [5, 5.41) is 5.31. The minimum atomic E-state index is -0.202. The molecule has 0 saturated carbocycles. The van der Waals surface area contributed by atoms with Crippen molar-refractivity contribution in [3.63, 3.8) is 0 Å². The van der Waals surface area contributed by atoms with E-state index in [2.05, 4.69) is 0 Å². The molecule has 4 aromatic rings. The summed E-state index contributed by atoms with van der Waals surface area (Å²) in [6.07, 6.45) is 3.63. The molecule has 32 heavy (non-hydrogen) atoms. The lowest BCUT2D eigenvalue weighted by molar-refractivity contribution is 0.101. The highest BCUT2D eigenvalue weighted by atomic mass is 35.5. The van der Waals surface area contributed by atoms with Crippen molar-refractivity contribution < 1.29 is 14.3 Å². The molecular weight excluding hydrogens is 424 g/mol. The van der Waals surface area contributed by atoms with Gasteiger partial charge in [0, 0.05) is 22.3 Å². The van der Waals surface area contributed by atoms with Crippen LogP contribution in [-0.2, 0) is 0 Å². The summed E-state index contributed by atoms with van der Waals surface area (Å²) in [5.41, 5.74) is 4.78. The lowest BCUT2D eigenvalue weighted by Gasteiger charge is -2.07. The Labute approximate surface area is 190 Å². The van der Waals surface area contributed by atoms with Gasteiger partial charge in [0.15, 0.2) is 5.76 Å². The zero-order valence-electron chi connectivity index (χ0n) is 17.5. The van der Waals surface area contributed by atoms with Gasteiger partial charge < -0.3 is 9.47 Å². The third-order valence-corrected chi connectivity index (χ3v) is 5.58. The fraction of sp³-hybridized carbons (Fsp3) is 0.0769. The van der Waals surface area contributed by atoms with Gasteiger partial charge in [0.25, 0.3) is 0 Å². The maximum atomic E-state index is 12.9. The maximum Gasteiger partial charge on any atom is 0.232 e. The molecule has 2 heterocycles. The Kier molecular flexibility index (Phi) is 5.04. The molecule has 5 nitrogen and oxygen atoms in total. The average Bonchev–Trinajstić information content (AvgIpc) is 3.36. The van der Waals surface area contributed by atoms with Gasteiger partial charge in [-0.25, -0.2) is 4.68 Å². The molecular formula is C26H19ClN2O3. The molecule has 1 aromatic heterocycles. The van der Waals surface area contributed by atoms with E-state index in [1.165, 1.54) is 0 Å². The summed E-state index contributed by atoms with van der Waals surface area (Å²) in [5.74, 6) is 1.34. The van der Waals surface area contributed by atoms with E-state index in [0.717, 1.165) is 33.8 Å². The Hall–Kier alpha value is -3.83. The van der Waals surface area contributed by atoms with Gasteiger partial charge in [-0.15, -0.1) is 0 Å². The zero-order chi connectivity index (χ0) is 22.2. The maximum absolute atomic E-state index is 12.9. The van der Waals surface area contributed by atoms with Gasteiger partial charge in [-0.1, -0.05) is 29.8 Å². The highest BCUT2D eigenvalue weighted by Gasteiger charge is 2.28. The summed E-state index contributed by atoms with van der Waals surface area (Å²) >= 11 is 6.06. The van der Waals surface area contributed by atoms with Crippen LogP contribution in [-0.4, -0.2) is 22.7 Å². The van der Waals surface area contributed by atoms with E-state index in [-0.39, 0.29) is 11.5 Å². The molecule has 0 radical (unpaired) electrons. The van der Waals surface area contributed by atoms with E-state index < -0.39 is 0 Å². The number of fused-ring (bicyclic) bond motifs is 1. The van der Waals surface area contributed by atoms with Gasteiger partial charge in [0.2, 0.25) is 5.78 Å². The largest absolute Gasteiger partial charge is 0.496 e. The van der Waals surface area contributed by atoms with Gasteiger partial charge in [-0.05, 0) is 67.1 Å². The van der Waals surface area contributed by atoms with Crippen LogP contribution >= 0.6 is 11.6 Å². The lowest BCUT2D eigenvalue weighted by Crippen LogP contribution is -1.98. The van der Waals surface area contributed by atoms with Crippen LogP contribution in [0, 0.1) is 6.92 Å². The number of allylic oxidation sites excluding steroid dienone is 1. The first-order valence-electron chi connectivity index (χ1n) is 10.1. The van der Waals surface area contributed by atoms with Crippen LogP contribution in [0.1, 0.15) is 21.5 Å². The molecule has 0 fully saturated rings. The Morgan fingerprint density at radius 1 is 1.06 bits per heavy atom. The van der Waals surface area contributed by atoms with E-state index in [9.17, 15) is 4.79 Å². The third-order valence-electron chi connectivity index (χ3n) is 5.35. The first-order chi connectivity index (χ1) is 15.5. The first kappa shape index (κ1) is 20.1. The summed E-state index contributed by atoms with van der Waals surface area (Å²) in [4.78, 5) is 12.9. The number of aromatic nitrogens is 2. The van der Waals surface area contributed by atoms with Crippen molar-refractivity contribution in [2.24, 2.45) is 0 Å². The number of hydrogen-bond acceptors (Lipinski definition) is 4. The zero-order valence-corrected chi connectivity index (χ0v) is 18.3. The summed E-state index contributed by atoms with van der Waals surface area (Å²) in [6, 6.07) is 20.7. The highest BCUT2D eigenvalue weighted by Crippen LogP contribution is 2.35. The standard InChI is InChI=1S/C26H19ClN2O3/c1-16-12-17(8-10-22(16)31-2)25-18(15-29(28-25)20-6-4-3-5-7-20)13-24-26(30)21-14-19(27)9-11-23(21)32-24/h3-15H,1-2H3/b24-13-. The van der Waals surface area contributed by atoms with E-state index in [4.69, 9.17) is 26.2 Å². The number of rotatable bonds is 4. The fourth-order valence-electron chi connectivity index (χ4n) is 3.76. The quantitative estimate of drug-likeness (QED) is 0.357. The van der Waals surface area contributed by atoms with Crippen molar-refractivity contribution in [2.45, 2.75) is 6.92 Å². The second-order valence-corrected chi connectivity index (χ2v) is 7.91. The Balaban J connectivity index is 1.63. The molecule has 0 aliphatic carbocycles. The van der Waals surface area contributed by atoms with Gasteiger partial charge in [0.05, 0.1) is 18.4 Å². The van der Waals surface area contributed by atoms with Crippen LogP contribution in [0.5, 0.6) is 11.5 Å². The van der Waals surface area contributed by atoms with Crippen molar-refractivity contribution in [3.8, 4) is 28.4 Å². The van der Waals surface area contributed by atoms with Crippen molar-refractivity contribution >= 4 is 23.5 Å². The lowest BCUT2D eigenvalue weighted by atomic mass is 10.0. The molecule has 0 N–H and O–H groups in total. The average molecular weight is 443 g/mol. The number of nitrogens with zero attached hydrogens (tertiary/aromatic N) is 2. The van der Waals surface area contributed by atoms with E-state index in [1.807, 2.05) is 61.7 Å². The number of carbonyl (C=O) groups excluding carboxylic acids is 1. The number of aryl methyl sites for hydroxylation is 1. The van der Waals surface area contributed by atoms with E-state index in [0.29, 0.717) is 16.3 Å². The van der Waals surface area contributed by atoms with Crippen LogP contribution in [0.25, 0.3) is 23.0 Å². The number of halogens is 1. The number of para-hydroxylation sites is 1. The second-order valence-electron chi connectivity index (χ2n) is 7.48. The summed E-state index contributed by atoms with van der Waals surface area (Å²) < 4.78 is 13.0. The molecule has 1 aliphatic rings. The van der Waals surface area contributed by atoms with Crippen LogP contribution in [0.15, 0.2) is 78.7 Å². The predicted octanol–water partition coefficient (Wildman–Crippen LogP) is 6.13. The highest BCUT2D eigenvalue weighted by molar-refractivity contribution is 6.31. The molecule has 158 valence electrons. The number of benzene rings is 3. The van der Waals surface area contributed by atoms with Crippen molar-refractivity contribution in [3.05, 3.63) is 100 Å². The molecule has 5 rings (SSSR count). The monoisotopic (exact) mass is 442 g/mol. The van der Waals surface area contributed by atoms with Crippen LogP contribution in [0.4, 0.5) is 0 Å². The SMILES string of the molecule is COc1ccc(-c2nn(-c3ccccc3)cc2/C=C2\Oc3ccc(Cl)cc3C2=O)cc1C. The van der Waals surface area contributed by atoms with Crippen molar-refractivity contribution in [2.75, 3.05) is 7.11 Å². The van der Waals surface area contributed by atoms with Gasteiger partial charge in [-0.3, -0.25) is 4.79 Å². The topological polar surface area (TPSA) is 53.4 Å². The smallest absolute Gasteiger partial charge is 0.232 e. The summed E-state index contributed by atoms with van der Waals surface area (Å²) in [6.45, 7) is 1.98. The molecule has 1 aliphatic heterocycles. The van der Waals surface area contributed by atoms with E-state index >= 15 is 0 Å². The van der Waals surface area contributed by atoms with Crippen LogP contribution < -0.4 is 9.47 Å². The van der Waals surface area contributed by atoms with Gasteiger partial charge in [-0.2, -0.15) is 5.10 Å². The molecule has 0 atom stereocenters. The number of carbonyl (C=O) groups is 1. The normalized spacial score (nSPS) is 13.8. The van der Waals surface area contributed by atoms with Crippen molar-refractivity contribution in [1.82, 2.24) is 9.78 Å². The van der Waals surface area contributed by atoms with Crippen LogP contribution in [0.2, 0.25) is 5.02 Å². The number of hydrogen-bond donors (Lipinski definition) is 0. The number of methoxy groups -OCH3 is 1. The Bertz CT molecular complexity index is 1370. The molecule has 3 aromatic carbocycles. The van der Waals surface area contributed by atoms with Crippen LogP contribution in [0.3, 0.4) is 0 Å². The van der Waals surface area contributed by atoms with Gasteiger partial charge >= 0.3 is 0 Å². The molecule has 0 unspecified atom stereocenters. The molecule has 0 spiro atoms. The molecule has 0 saturated heterocycles. The minimum Gasteiger partial charge on any atom is -0.496 e. The number of Topliss-reactive ketones (excluding diaryl/α,β-unsaturated/α-hetero) is 1. The van der Waals surface area contributed by atoms with Gasteiger partial charge in [0.1, 0.15) is 17.2 Å². The number of ketones is 1. The second kappa shape index (κ2) is 8.02. The summed E-state index contributed by atoms with van der Waals surface area (Å²) in [7, 11) is 1.65. The Morgan fingerprint density at radius 2 is 1.88 bits per heavy atom.